The standard InChI is InChI=1S/C23H45N5O5/c1-7-14(5)18(27-20(29)16(25)11-9-10-12-24)22(31)26-17(13(3)4)21(30)28-19(23(32)33)15(6)8-2/h13-19H,7-12,24-25H2,1-6H3,(H,26,31)(H,27,29)(H,28,30)(H,32,33). The smallest absolute Gasteiger partial charge is 0.326 e. The number of unbranched alkanes of at least 4 members (excludes halogenated alkanes) is 1. The lowest BCUT2D eigenvalue weighted by molar-refractivity contribution is -0.144. The van der Waals surface area contributed by atoms with Gasteiger partial charge in [-0.25, -0.2) is 4.79 Å². The van der Waals surface area contributed by atoms with Crippen LogP contribution >= 0.6 is 0 Å². The fourth-order valence-electron chi connectivity index (χ4n) is 3.31. The molecule has 6 atom stereocenters. The van der Waals surface area contributed by atoms with Crippen molar-refractivity contribution in [2.24, 2.45) is 29.2 Å². The van der Waals surface area contributed by atoms with Crippen LogP contribution in [0.15, 0.2) is 0 Å². The molecular weight excluding hydrogens is 426 g/mol. The SMILES string of the molecule is CCC(C)C(NC(=O)C(NC(=O)C(NC(=O)C(N)CCCCN)C(C)CC)C(C)C)C(=O)O. The summed E-state index contributed by atoms with van der Waals surface area (Å²) in [5.41, 5.74) is 11.4. The summed E-state index contributed by atoms with van der Waals surface area (Å²) < 4.78 is 0. The molecule has 0 aromatic heterocycles. The van der Waals surface area contributed by atoms with E-state index in [1.165, 1.54) is 0 Å². The predicted octanol–water partition coefficient (Wildman–Crippen LogP) is 0.730. The topological polar surface area (TPSA) is 177 Å². The third-order valence-electron chi connectivity index (χ3n) is 6.12. The number of aliphatic carboxylic acids is 1. The second kappa shape index (κ2) is 15.6. The Labute approximate surface area is 198 Å². The van der Waals surface area contributed by atoms with E-state index in [0.29, 0.717) is 32.2 Å². The molecule has 8 N–H and O–H groups in total. The van der Waals surface area contributed by atoms with E-state index in [1.807, 2.05) is 20.8 Å². The molecule has 192 valence electrons. The van der Waals surface area contributed by atoms with Crippen molar-refractivity contribution in [2.45, 2.75) is 97.8 Å². The van der Waals surface area contributed by atoms with Gasteiger partial charge >= 0.3 is 5.97 Å². The maximum Gasteiger partial charge on any atom is 0.326 e. The fraction of sp³-hybridized carbons (Fsp3) is 0.826. The Morgan fingerprint density at radius 3 is 1.67 bits per heavy atom. The summed E-state index contributed by atoms with van der Waals surface area (Å²) in [5, 5.41) is 17.5. The zero-order valence-electron chi connectivity index (χ0n) is 21.0. The summed E-state index contributed by atoms with van der Waals surface area (Å²) >= 11 is 0. The average Bonchev–Trinajstić information content (AvgIpc) is 2.77. The van der Waals surface area contributed by atoms with E-state index in [0.717, 1.165) is 6.42 Å². The molecular formula is C23H45N5O5. The molecule has 0 radical (unpaired) electrons. The highest BCUT2D eigenvalue weighted by Crippen LogP contribution is 2.13. The minimum Gasteiger partial charge on any atom is -0.480 e. The summed E-state index contributed by atoms with van der Waals surface area (Å²) in [4.78, 5) is 50.2. The van der Waals surface area contributed by atoms with Crippen molar-refractivity contribution in [1.82, 2.24) is 16.0 Å². The van der Waals surface area contributed by atoms with Crippen molar-refractivity contribution in [3.63, 3.8) is 0 Å². The molecule has 0 saturated heterocycles. The van der Waals surface area contributed by atoms with Crippen LogP contribution in [-0.4, -0.2) is 59.5 Å². The predicted molar refractivity (Wildman–Crippen MR) is 128 cm³/mol. The van der Waals surface area contributed by atoms with E-state index in [4.69, 9.17) is 11.5 Å². The number of hydrogen-bond acceptors (Lipinski definition) is 6. The maximum absolute atomic E-state index is 13.1. The van der Waals surface area contributed by atoms with Gasteiger partial charge in [0.25, 0.3) is 0 Å². The van der Waals surface area contributed by atoms with E-state index in [-0.39, 0.29) is 17.8 Å². The van der Waals surface area contributed by atoms with Gasteiger partial charge < -0.3 is 32.5 Å². The summed E-state index contributed by atoms with van der Waals surface area (Å²) in [6.45, 7) is 11.3. The molecule has 10 nitrogen and oxygen atoms in total. The first-order chi connectivity index (χ1) is 15.4. The van der Waals surface area contributed by atoms with Gasteiger partial charge in [0.2, 0.25) is 17.7 Å². The third-order valence-corrected chi connectivity index (χ3v) is 6.12. The molecule has 0 bridgehead atoms. The Kier molecular flexibility index (Phi) is 14.6. The van der Waals surface area contributed by atoms with Crippen molar-refractivity contribution in [3.05, 3.63) is 0 Å². The number of rotatable bonds is 16. The lowest BCUT2D eigenvalue weighted by Gasteiger charge is -2.30. The first-order valence-corrected chi connectivity index (χ1v) is 12.0. The molecule has 33 heavy (non-hydrogen) atoms. The number of carbonyl (C=O) groups is 4. The summed E-state index contributed by atoms with van der Waals surface area (Å²) in [6.07, 6.45) is 3.12. The van der Waals surface area contributed by atoms with Crippen LogP contribution in [0.5, 0.6) is 0 Å². The van der Waals surface area contributed by atoms with E-state index in [1.54, 1.807) is 20.8 Å². The molecule has 0 heterocycles. The van der Waals surface area contributed by atoms with Crippen LogP contribution in [0.1, 0.15) is 73.6 Å². The maximum atomic E-state index is 13.1. The highest BCUT2D eigenvalue weighted by atomic mass is 16.4. The van der Waals surface area contributed by atoms with Crippen molar-refractivity contribution in [1.29, 1.82) is 0 Å². The molecule has 0 fully saturated rings. The average molecular weight is 472 g/mol. The minimum absolute atomic E-state index is 0.201. The molecule has 6 unspecified atom stereocenters. The molecule has 0 spiro atoms. The number of hydrogen-bond donors (Lipinski definition) is 6. The molecule has 0 aliphatic carbocycles. The Morgan fingerprint density at radius 2 is 1.21 bits per heavy atom. The van der Waals surface area contributed by atoms with Crippen LogP contribution < -0.4 is 27.4 Å². The zero-order valence-corrected chi connectivity index (χ0v) is 21.0. The molecule has 0 saturated carbocycles. The highest BCUT2D eigenvalue weighted by molar-refractivity contribution is 5.94. The molecule has 0 aromatic rings. The van der Waals surface area contributed by atoms with Gasteiger partial charge in [0.1, 0.15) is 18.1 Å². The molecule has 10 heteroatoms. The summed E-state index contributed by atoms with van der Waals surface area (Å²) in [5.74, 6) is -3.40. The third kappa shape index (κ3) is 10.5. The zero-order chi connectivity index (χ0) is 25.7. The van der Waals surface area contributed by atoms with Crippen LogP contribution in [0.2, 0.25) is 0 Å². The van der Waals surface area contributed by atoms with E-state index < -0.39 is 47.9 Å². The minimum atomic E-state index is -1.13. The normalized spacial score (nSPS) is 16.8. The van der Waals surface area contributed by atoms with Gasteiger partial charge in [0.05, 0.1) is 6.04 Å². The second-order valence-corrected chi connectivity index (χ2v) is 9.20. The molecule has 0 rings (SSSR count). The van der Waals surface area contributed by atoms with Gasteiger partial charge in [-0.15, -0.1) is 0 Å². The first kappa shape index (κ1) is 30.8. The number of nitrogens with two attached hydrogens (primary N) is 2. The Balaban J connectivity index is 5.43. The Hall–Kier alpha value is -2.20. The van der Waals surface area contributed by atoms with E-state index >= 15 is 0 Å². The molecule has 0 aliphatic heterocycles. The molecule has 0 aliphatic rings. The quantitative estimate of drug-likeness (QED) is 0.180. The van der Waals surface area contributed by atoms with Crippen LogP contribution in [0.3, 0.4) is 0 Å². The summed E-state index contributed by atoms with van der Waals surface area (Å²) in [7, 11) is 0. The van der Waals surface area contributed by atoms with Crippen molar-refractivity contribution >= 4 is 23.7 Å². The monoisotopic (exact) mass is 471 g/mol. The van der Waals surface area contributed by atoms with Crippen LogP contribution in [0.25, 0.3) is 0 Å². The highest BCUT2D eigenvalue weighted by Gasteiger charge is 2.34. The van der Waals surface area contributed by atoms with Crippen molar-refractivity contribution < 1.29 is 24.3 Å². The molecule has 0 aromatic carbocycles. The largest absolute Gasteiger partial charge is 0.480 e. The van der Waals surface area contributed by atoms with Gasteiger partial charge in [-0.2, -0.15) is 0 Å². The van der Waals surface area contributed by atoms with Gasteiger partial charge in [-0.1, -0.05) is 60.8 Å². The lowest BCUT2D eigenvalue weighted by atomic mass is 9.95. The second-order valence-electron chi connectivity index (χ2n) is 9.20. The van der Waals surface area contributed by atoms with Gasteiger partial charge in [0, 0.05) is 0 Å². The van der Waals surface area contributed by atoms with Crippen LogP contribution in [0.4, 0.5) is 0 Å². The van der Waals surface area contributed by atoms with Gasteiger partial charge in [0.15, 0.2) is 0 Å². The number of amides is 3. The van der Waals surface area contributed by atoms with E-state index in [2.05, 4.69) is 16.0 Å². The number of carboxylic acids is 1. The number of carbonyl (C=O) groups excluding carboxylic acids is 3. The fourth-order valence-corrected chi connectivity index (χ4v) is 3.31. The first-order valence-electron chi connectivity index (χ1n) is 12.0. The Morgan fingerprint density at radius 1 is 0.758 bits per heavy atom. The van der Waals surface area contributed by atoms with E-state index in [9.17, 15) is 24.3 Å². The van der Waals surface area contributed by atoms with Crippen molar-refractivity contribution in [2.75, 3.05) is 6.54 Å². The van der Waals surface area contributed by atoms with Crippen molar-refractivity contribution in [3.8, 4) is 0 Å². The Bertz CT molecular complexity index is 643. The van der Waals surface area contributed by atoms with Crippen LogP contribution in [0, 0.1) is 17.8 Å². The summed E-state index contributed by atoms with van der Waals surface area (Å²) in [6, 6.07) is -3.64. The van der Waals surface area contributed by atoms with Crippen LogP contribution in [-0.2, 0) is 19.2 Å². The number of carboxylic acid groups (broad SMARTS) is 1. The molecule has 3 amide bonds. The number of nitrogens with one attached hydrogen (secondary N) is 3. The van der Waals surface area contributed by atoms with Gasteiger partial charge in [-0.05, 0) is 37.1 Å². The lowest BCUT2D eigenvalue weighted by Crippen LogP contribution is -2.60. The van der Waals surface area contributed by atoms with Gasteiger partial charge in [-0.3, -0.25) is 14.4 Å².